The summed E-state index contributed by atoms with van der Waals surface area (Å²) >= 11 is 3.50. The molecule has 3 heterocycles. The highest BCUT2D eigenvalue weighted by Gasteiger charge is 2.31. The zero-order valence-electron chi connectivity index (χ0n) is 10.1. The number of aliphatic hydroxyl groups is 1. The van der Waals surface area contributed by atoms with Crippen molar-refractivity contribution in [2.75, 3.05) is 20.1 Å². The number of nitrogens with zero attached hydrogens (tertiary/aromatic N) is 3. The zero-order chi connectivity index (χ0) is 12.0. The first-order valence-electron chi connectivity index (χ1n) is 6.29. The highest BCUT2D eigenvalue weighted by atomic mass is 79.9. The van der Waals surface area contributed by atoms with Gasteiger partial charge in [-0.3, -0.25) is 0 Å². The molecule has 2 unspecified atom stereocenters. The van der Waals surface area contributed by atoms with Crippen LogP contribution in [0.1, 0.15) is 42.8 Å². The molecule has 2 atom stereocenters. The standard InChI is InChI=1S/C12H18BrN3O/c1-15-6-4-8(7-15)12-14-11(13)10-9(17)3-2-5-16(10)12/h8-9,17H,2-7H2,1H3. The summed E-state index contributed by atoms with van der Waals surface area (Å²) in [5.74, 6) is 1.69. The Morgan fingerprint density at radius 1 is 1.35 bits per heavy atom. The van der Waals surface area contributed by atoms with E-state index >= 15 is 0 Å². The van der Waals surface area contributed by atoms with E-state index < -0.39 is 0 Å². The highest BCUT2D eigenvalue weighted by molar-refractivity contribution is 9.10. The second-order valence-electron chi connectivity index (χ2n) is 5.20. The van der Waals surface area contributed by atoms with Gasteiger partial charge in [-0.05, 0) is 48.8 Å². The molecule has 0 spiro atoms. The lowest BCUT2D eigenvalue weighted by Gasteiger charge is -2.23. The van der Waals surface area contributed by atoms with Gasteiger partial charge in [-0.15, -0.1) is 0 Å². The van der Waals surface area contributed by atoms with Gasteiger partial charge in [0, 0.05) is 19.0 Å². The van der Waals surface area contributed by atoms with Crippen LogP contribution < -0.4 is 0 Å². The first kappa shape index (κ1) is 11.7. The van der Waals surface area contributed by atoms with Crippen molar-refractivity contribution >= 4 is 15.9 Å². The summed E-state index contributed by atoms with van der Waals surface area (Å²) < 4.78 is 3.08. The van der Waals surface area contributed by atoms with E-state index in [1.54, 1.807) is 0 Å². The predicted octanol–water partition coefficient (Wildman–Crippen LogP) is 1.89. The summed E-state index contributed by atoms with van der Waals surface area (Å²) in [6, 6.07) is 0. The van der Waals surface area contributed by atoms with Crippen molar-refractivity contribution in [3.05, 3.63) is 16.1 Å². The topological polar surface area (TPSA) is 41.3 Å². The van der Waals surface area contributed by atoms with E-state index in [0.717, 1.165) is 48.6 Å². The van der Waals surface area contributed by atoms with Crippen LogP contribution in [0.4, 0.5) is 0 Å². The molecule has 1 N–H and O–H groups in total. The van der Waals surface area contributed by atoms with Gasteiger partial charge >= 0.3 is 0 Å². The van der Waals surface area contributed by atoms with Crippen molar-refractivity contribution < 1.29 is 5.11 Å². The fourth-order valence-corrected chi connectivity index (χ4v) is 3.70. The smallest absolute Gasteiger partial charge is 0.130 e. The number of likely N-dealkylation sites (N-methyl/N-ethyl adjacent to an activating group) is 1. The van der Waals surface area contributed by atoms with Crippen molar-refractivity contribution in [2.45, 2.75) is 37.8 Å². The lowest BCUT2D eigenvalue weighted by Crippen LogP contribution is -2.20. The molecule has 0 radical (unpaired) electrons. The van der Waals surface area contributed by atoms with Gasteiger partial charge in [-0.25, -0.2) is 4.98 Å². The zero-order valence-corrected chi connectivity index (χ0v) is 11.7. The summed E-state index contributed by atoms with van der Waals surface area (Å²) in [5.41, 5.74) is 0.987. The number of imidazole rings is 1. The highest BCUT2D eigenvalue weighted by Crippen LogP contribution is 2.36. The second kappa shape index (κ2) is 4.37. The van der Waals surface area contributed by atoms with Crippen molar-refractivity contribution in [1.29, 1.82) is 0 Å². The first-order chi connectivity index (χ1) is 8.16. The average molecular weight is 300 g/mol. The maximum atomic E-state index is 10.0. The van der Waals surface area contributed by atoms with Gasteiger partial charge in [-0.2, -0.15) is 0 Å². The van der Waals surface area contributed by atoms with E-state index in [1.165, 1.54) is 6.42 Å². The van der Waals surface area contributed by atoms with Crippen molar-refractivity contribution in [3.8, 4) is 0 Å². The van der Waals surface area contributed by atoms with Crippen LogP contribution in [0, 0.1) is 0 Å². The molecule has 1 aromatic heterocycles. The largest absolute Gasteiger partial charge is 0.387 e. The molecule has 1 saturated heterocycles. The third-order valence-corrected chi connectivity index (χ3v) is 4.51. The lowest BCUT2D eigenvalue weighted by atomic mass is 10.1. The number of aromatic nitrogens is 2. The Kier molecular flexibility index (Phi) is 3.00. The number of fused-ring (bicyclic) bond motifs is 1. The average Bonchev–Trinajstić information content (AvgIpc) is 2.84. The lowest BCUT2D eigenvalue weighted by molar-refractivity contribution is 0.137. The molecule has 4 nitrogen and oxygen atoms in total. The quantitative estimate of drug-likeness (QED) is 0.861. The Labute approximate surface area is 110 Å². The Bertz CT molecular complexity index is 432. The Morgan fingerprint density at radius 2 is 2.18 bits per heavy atom. The molecular weight excluding hydrogens is 282 g/mol. The van der Waals surface area contributed by atoms with Crippen molar-refractivity contribution in [2.24, 2.45) is 0 Å². The second-order valence-corrected chi connectivity index (χ2v) is 5.95. The summed E-state index contributed by atoms with van der Waals surface area (Å²) in [4.78, 5) is 7.00. The van der Waals surface area contributed by atoms with Gasteiger partial charge in [0.05, 0.1) is 11.8 Å². The van der Waals surface area contributed by atoms with Crippen LogP contribution in [-0.4, -0.2) is 39.7 Å². The van der Waals surface area contributed by atoms with Crippen LogP contribution in [0.2, 0.25) is 0 Å². The molecule has 1 fully saturated rings. The van der Waals surface area contributed by atoms with Gasteiger partial charge in [0.25, 0.3) is 0 Å². The third kappa shape index (κ3) is 1.94. The molecule has 0 aromatic carbocycles. The molecular formula is C12H18BrN3O. The maximum absolute atomic E-state index is 10.0. The van der Waals surface area contributed by atoms with E-state index in [1.807, 2.05) is 0 Å². The number of hydrogen-bond donors (Lipinski definition) is 1. The Hall–Kier alpha value is -0.390. The number of hydrogen-bond acceptors (Lipinski definition) is 3. The predicted molar refractivity (Wildman–Crippen MR) is 69.0 cm³/mol. The van der Waals surface area contributed by atoms with E-state index in [0.29, 0.717) is 5.92 Å². The van der Waals surface area contributed by atoms with Crippen LogP contribution in [0.15, 0.2) is 4.60 Å². The Morgan fingerprint density at radius 3 is 2.88 bits per heavy atom. The summed E-state index contributed by atoms with van der Waals surface area (Å²) in [6.07, 6.45) is 2.73. The minimum Gasteiger partial charge on any atom is -0.387 e. The maximum Gasteiger partial charge on any atom is 0.130 e. The minimum absolute atomic E-state index is 0.349. The first-order valence-corrected chi connectivity index (χ1v) is 7.08. The van der Waals surface area contributed by atoms with Gasteiger partial charge in [0.1, 0.15) is 10.4 Å². The number of aliphatic hydroxyl groups excluding tert-OH is 1. The molecule has 0 aliphatic carbocycles. The summed E-state index contributed by atoms with van der Waals surface area (Å²) in [6.45, 7) is 3.23. The molecule has 0 amide bonds. The molecule has 0 bridgehead atoms. The molecule has 94 valence electrons. The number of halogens is 1. The molecule has 2 aliphatic rings. The molecule has 1 aromatic rings. The van der Waals surface area contributed by atoms with Gasteiger partial charge in [-0.1, -0.05) is 0 Å². The molecule has 2 aliphatic heterocycles. The SMILES string of the molecule is CN1CCC(c2nc(Br)c3n2CCCC3O)C1. The van der Waals surface area contributed by atoms with Gasteiger partial charge in [0.15, 0.2) is 0 Å². The summed E-state index contributed by atoms with van der Waals surface area (Å²) in [7, 11) is 2.16. The molecule has 17 heavy (non-hydrogen) atoms. The van der Waals surface area contributed by atoms with Crippen LogP contribution in [0.3, 0.4) is 0 Å². The van der Waals surface area contributed by atoms with Crippen molar-refractivity contribution in [1.82, 2.24) is 14.5 Å². The molecule has 5 heteroatoms. The van der Waals surface area contributed by atoms with Crippen LogP contribution in [0.25, 0.3) is 0 Å². The van der Waals surface area contributed by atoms with Crippen molar-refractivity contribution in [3.63, 3.8) is 0 Å². The number of likely N-dealkylation sites (tertiary alicyclic amines) is 1. The molecule has 0 saturated carbocycles. The fraction of sp³-hybridized carbons (Fsp3) is 0.750. The van der Waals surface area contributed by atoms with Crippen LogP contribution in [0.5, 0.6) is 0 Å². The van der Waals surface area contributed by atoms with E-state index in [2.05, 4.69) is 37.4 Å². The Balaban J connectivity index is 1.98. The fourth-order valence-electron chi connectivity index (χ4n) is 3.04. The normalized spacial score (nSPS) is 29.6. The molecule has 3 rings (SSSR count). The number of rotatable bonds is 1. The van der Waals surface area contributed by atoms with Gasteiger partial charge < -0.3 is 14.6 Å². The van der Waals surface area contributed by atoms with E-state index in [-0.39, 0.29) is 6.10 Å². The minimum atomic E-state index is -0.349. The van der Waals surface area contributed by atoms with Crippen LogP contribution >= 0.6 is 15.9 Å². The van der Waals surface area contributed by atoms with Gasteiger partial charge in [0.2, 0.25) is 0 Å². The summed E-state index contributed by atoms with van der Waals surface area (Å²) in [5, 5.41) is 10.0. The monoisotopic (exact) mass is 299 g/mol. The third-order valence-electron chi connectivity index (χ3n) is 3.92. The van der Waals surface area contributed by atoms with E-state index in [4.69, 9.17) is 0 Å². The van der Waals surface area contributed by atoms with E-state index in [9.17, 15) is 5.11 Å². The van der Waals surface area contributed by atoms with Crippen LogP contribution in [-0.2, 0) is 6.54 Å².